The first-order valence-electron chi connectivity index (χ1n) is 6.09. The van der Waals surface area contributed by atoms with E-state index in [0.717, 1.165) is 0 Å². The van der Waals surface area contributed by atoms with Crippen LogP contribution in [0.3, 0.4) is 0 Å². The quantitative estimate of drug-likeness (QED) is 0.704. The van der Waals surface area contributed by atoms with Crippen molar-refractivity contribution >= 4 is 11.9 Å². The molecule has 0 fully saturated rings. The van der Waals surface area contributed by atoms with Crippen molar-refractivity contribution in [3.63, 3.8) is 0 Å². The highest BCUT2D eigenvalue weighted by molar-refractivity contribution is 5.94. The number of hydrogen-bond donors (Lipinski definition) is 3. The first kappa shape index (κ1) is 15.1. The molecular weight excluding hydrogens is 246 g/mol. The van der Waals surface area contributed by atoms with E-state index in [4.69, 9.17) is 10.8 Å². The lowest BCUT2D eigenvalue weighted by atomic mass is 9.87. The molecule has 0 aliphatic rings. The highest BCUT2D eigenvalue weighted by Crippen LogP contribution is 2.20. The zero-order chi connectivity index (χ0) is 14.5. The maximum absolute atomic E-state index is 11.9. The van der Waals surface area contributed by atoms with Gasteiger partial charge in [0.15, 0.2) is 0 Å². The number of carbonyl (C=O) groups excluding carboxylic acids is 1. The van der Waals surface area contributed by atoms with Crippen LogP contribution in [0, 0.1) is 5.41 Å². The number of aliphatic carboxylic acids is 1. The van der Waals surface area contributed by atoms with E-state index in [-0.39, 0.29) is 19.0 Å². The van der Waals surface area contributed by atoms with E-state index >= 15 is 0 Å². The molecule has 104 valence electrons. The van der Waals surface area contributed by atoms with E-state index in [1.54, 1.807) is 26.0 Å². The van der Waals surface area contributed by atoms with Gasteiger partial charge in [-0.2, -0.15) is 0 Å². The molecule has 1 unspecified atom stereocenters. The van der Waals surface area contributed by atoms with Gasteiger partial charge < -0.3 is 16.2 Å². The normalized spacial score (nSPS) is 13.6. The van der Waals surface area contributed by atoms with Crippen LogP contribution >= 0.6 is 0 Å². The Morgan fingerprint density at radius 3 is 2.74 bits per heavy atom. The lowest BCUT2D eigenvalue weighted by molar-refractivity contribution is -0.147. The molecule has 19 heavy (non-hydrogen) atoms. The van der Waals surface area contributed by atoms with Gasteiger partial charge in [0.05, 0.1) is 11.1 Å². The molecule has 1 aromatic heterocycles. The number of pyridine rings is 1. The van der Waals surface area contributed by atoms with Crippen LogP contribution in [0.1, 0.15) is 36.3 Å². The molecule has 4 N–H and O–H groups in total. The van der Waals surface area contributed by atoms with E-state index < -0.39 is 11.4 Å². The van der Waals surface area contributed by atoms with Crippen LogP contribution < -0.4 is 11.1 Å². The van der Waals surface area contributed by atoms with Crippen LogP contribution in [0.25, 0.3) is 0 Å². The summed E-state index contributed by atoms with van der Waals surface area (Å²) in [6.07, 6.45) is 1.94. The number of carboxylic acids is 1. The van der Waals surface area contributed by atoms with Gasteiger partial charge in [-0.25, -0.2) is 0 Å². The number of rotatable bonds is 6. The fourth-order valence-electron chi connectivity index (χ4n) is 1.46. The summed E-state index contributed by atoms with van der Waals surface area (Å²) in [4.78, 5) is 27.0. The topological polar surface area (TPSA) is 105 Å². The van der Waals surface area contributed by atoms with Gasteiger partial charge >= 0.3 is 5.97 Å². The number of carboxylic acid groups (broad SMARTS) is 1. The predicted octanol–water partition coefficient (Wildman–Crippen LogP) is 0.771. The van der Waals surface area contributed by atoms with Crippen molar-refractivity contribution in [3.05, 3.63) is 29.6 Å². The molecule has 0 aromatic carbocycles. The van der Waals surface area contributed by atoms with Crippen LogP contribution in [0.5, 0.6) is 0 Å². The van der Waals surface area contributed by atoms with E-state index in [1.165, 1.54) is 6.20 Å². The van der Waals surface area contributed by atoms with Gasteiger partial charge in [0.1, 0.15) is 0 Å². The first-order valence-corrected chi connectivity index (χ1v) is 6.09. The summed E-state index contributed by atoms with van der Waals surface area (Å²) < 4.78 is 0. The Labute approximate surface area is 112 Å². The third-order valence-corrected chi connectivity index (χ3v) is 3.22. The minimum atomic E-state index is -0.959. The van der Waals surface area contributed by atoms with Gasteiger partial charge in [0.2, 0.25) is 0 Å². The largest absolute Gasteiger partial charge is 0.481 e. The van der Waals surface area contributed by atoms with E-state index in [2.05, 4.69) is 10.3 Å². The summed E-state index contributed by atoms with van der Waals surface area (Å²) in [5.74, 6) is -1.24. The molecule has 1 heterocycles. The lowest BCUT2D eigenvalue weighted by Gasteiger charge is -2.23. The Morgan fingerprint density at radius 2 is 2.21 bits per heavy atom. The standard InChI is InChI=1S/C13H19N3O3/c1-3-13(2,12(18)19)8-16-11(17)9-4-5-15-10(6-9)7-14/h4-6H,3,7-8,14H2,1-2H3,(H,16,17)(H,18,19). The Hall–Kier alpha value is -1.95. The van der Waals surface area contributed by atoms with Crippen LogP contribution in [0.15, 0.2) is 18.3 Å². The molecule has 0 radical (unpaired) electrons. The molecule has 0 saturated carbocycles. The third-order valence-electron chi connectivity index (χ3n) is 3.22. The van der Waals surface area contributed by atoms with Gasteiger partial charge in [-0.1, -0.05) is 6.92 Å². The molecule has 6 heteroatoms. The highest BCUT2D eigenvalue weighted by Gasteiger charge is 2.31. The lowest BCUT2D eigenvalue weighted by Crippen LogP contribution is -2.40. The monoisotopic (exact) mass is 265 g/mol. The molecular formula is C13H19N3O3. The van der Waals surface area contributed by atoms with Crippen molar-refractivity contribution in [3.8, 4) is 0 Å². The van der Waals surface area contributed by atoms with Crippen molar-refractivity contribution in [1.82, 2.24) is 10.3 Å². The van der Waals surface area contributed by atoms with Gasteiger partial charge in [-0.05, 0) is 25.5 Å². The molecule has 0 aliphatic heterocycles. The summed E-state index contributed by atoms with van der Waals surface area (Å²) in [6, 6.07) is 3.16. The molecule has 1 amide bonds. The zero-order valence-corrected chi connectivity index (χ0v) is 11.1. The van der Waals surface area contributed by atoms with Crippen molar-refractivity contribution in [2.45, 2.75) is 26.8 Å². The van der Waals surface area contributed by atoms with Crippen molar-refractivity contribution in [2.75, 3.05) is 6.54 Å². The number of nitrogens with one attached hydrogen (secondary N) is 1. The Kier molecular flexibility index (Phi) is 5.00. The maximum Gasteiger partial charge on any atom is 0.311 e. The average molecular weight is 265 g/mol. The molecule has 1 aromatic rings. The summed E-state index contributed by atoms with van der Waals surface area (Å²) in [5.41, 5.74) is 5.54. The van der Waals surface area contributed by atoms with Gasteiger partial charge in [-0.15, -0.1) is 0 Å². The van der Waals surface area contributed by atoms with E-state index in [1.807, 2.05) is 0 Å². The molecule has 0 bridgehead atoms. The number of nitrogens with zero attached hydrogens (tertiary/aromatic N) is 1. The minimum absolute atomic E-state index is 0.0813. The summed E-state index contributed by atoms with van der Waals surface area (Å²) in [5, 5.41) is 11.8. The SMILES string of the molecule is CCC(C)(CNC(=O)c1ccnc(CN)c1)C(=O)O. The molecule has 1 rings (SSSR count). The zero-order valence-electron chi connectivity index (χ0n) is 11.1. The molecule has 0 aliphatic carbocycles. The second kappa shape index (κ2) is 6.29. The van der Waals surface area contributed by atoms with Crippen molar-refractivity contribution in [1.29, 1.82) is 0 Å². The first-order chi connectivity index (χ1) is 8.92. The second-order valence-electron chi connectivity index (χ2n) is 4.64. The summed E-state index contributed by atoms with van der Waals surface area (Å²) >= 11 is 0. The van der Waals surface area contributed by atoms with Crippen molar-refractivity contribution < 1.29 is 14.7 Å². The number of nitrogens with two attached hydrogens (primary N) is 1. The number of carbonyl (C=O) groups is 2. The summed E-state index contributed by atoms with van der Waals surface area (Å²) in [7, 11) is 0. The predicted molar refractivity (Wildman–Crippen MR) is 70.5 cm³/mol. The number of amides is 1. The Balaban J connectivity index is 2.72. The van der Waals surface area contributed by atoms with Gasteiger partial charge in [-0.3, -0.25) is 14.6 Å². The van der Waals surface area contributed by atoms with Crippen LogP contribution in [-0.4, -0.2) is 28.5 Å². The number of hydrogen-bond acceptors (Lipinski definition) is 4. The summed E-state index contributed by atoms with van der Waals surface area (Å²) in [6.45, 7) is 3.72. The Bertz CT molecular complexity index is 476. The molecule has 1 atom stereocenters. The van der Waals surface area contributed by atoms with Crippen LogP contribution in [-0.2, 0) is 11.3 Å². The molecule has 0 saturated heterocycles. The van der Waals surface area contributed by atoms with Gasteiger partial charge in [0, 0.05) is 24.8 Å². The molecule has 6 nitrogen and oxygen atoms in total. The third kappa shape index (κ3) is 3.75. The van der Waals surface area contributed by atoms with E-state index in [9.17, 15) is 9.59 Å². The molecule has 0 spiro atoms. The van der Waals surface area contributed by atoms with Crippen LogP contribution in [0.2, 0.25) is 0 Å². The smallest absolute Gasteiger partial charge is 0.311 e. The highest BCUT2D eigenvalue weighted by atomic mass is 16.4. The second-order valence-corrected chi connectivity index (χ2v) is 4.64. The fourth-order valence-corrected chi connectivity index (χ4v) is 1.46. The van der Waals surface area contributed by atoms with Crippen LogP contribution in [0.4, 0.5) is 0 Å². The average Bonchev–Trinajstić information content (AvgIpc) is 2.44. The van der Waals surface area contributed by atoms with Crippen molar-refractivity contribution in [2.24, 2.45) is 11.1 Å². The Morgan fingerprint density at radius 1 is 1.53 bits per heavy atom. The van der Waals surface area contributed by atoms with Gasteiger partial charge in [0.25, 0.3) is 5.91 Å². The fraction of sp³-hybridized carbons (Fsp3) is 0.462. The number of aromatic nitrogens is 1. The maximum atomic E-state index is 11.9. The van der Waals surface area contributed by atoms with E-state index in [0.29, 0.717) is 17.7 Å². The minimum Gasteiger partial charge on any atom is -0.481 e.